The third-order valence-corrected chi connectivity index (χ3v) is 7.58. The van der Waals surface area contributed by atoms with E-state index in [4.69, 9.17) is 14.5 Å². The lowest BCUT2D eigenvalue weighted by atomic mass is 10.3. The number of para-hydroxylation sites is 1. The molecule has 0 bridgehead atoms. The quantitative estimate of drug-likeness (QED) is 0.403. The van der Waals surface area contributed by atoms with E-state index in [1.165, 1.54) is 22.7 Å². The number of benzene rings is 2. The Labute approximate surface area is 194 Å². The van der Waals surface area contributed by atoms with Gasteiger partial charge in [-0.25, -0.2) is 9.97 Å². The highest BCUT2D eigenvalue weighted by atomic mass is 32.1. The van der Waals surface area contributed by atoms with Crippen molar-refractivity contribution in [3.8, 4) is 5.75 Å². The van der Waals surface area contributed by atoms with E-state index in [0.29, 0.717) is 16.7 Å². The van der Waals surface area contributed by atoms with Crippen LogP contribution in [0.5, 0.6) is 5.75 Å². The van der Waals surface area contributed by atoms with Crippen LogP contribution in [-0.2, 0) is 4.74 Å². The van der Waals surface area contributed by atoms with E-state index in [0.717, 1.165) is 65.5 Å². The Balaban J connectivity index is 1.42. The van der Waals surface area contributed by atoms with Gasteiger partial charge >= 0.3 is 0 Å². The summed E-state index contributed by atoms with van der Waals surface area (Å²) < 4.78 is 12.8. The third-order valence-electron chi connectivity index (χ3n) is 5.50. The minimum Gasteiger partial charge on any atom is -0.497 e. The highest BCUT2D eigenvalue weighted by Gasteiger charge is 2.24. The molecule has 0 N–H and O–H groups in total. The number of morpholine rings is 1. The van der Waals surface area contributed by atoms with Gasteiger partial charge in [0.1, 0.15) is 5.75 Å². The minimum atomic E-state index is -0.0980. The zero-order chi connectivity index (χ0) is 21.9. The lowest BCUT2D eigenvalue weighted by Gasteiger charge is -2.27. The van der Waals surface area contributed by atoms with Gasteiger partial charge in [-0.2, -0.15) is 0 Å². The van der Waals surface area contributed by atoms with Gasteiger partial charge in [0.25, 0.3) is 5.91 Å². The largest absolute Gasteiger partial charge is 0.497 e. The molecule has 0 spiro atoms. The van der Waals surface area contributed by atoms with Crippen LogP contribution in [0.15, 0.2) is 42.5 Å². The van der Waals surface area contributed by atoms with Crippen molar-refractivity contribution in [2.45, 2.75) is 6.42 Å². The molecule has 5 rings (SSSR count). The lowest BCUT2D eigenvalue weighted by molar-refractivity contribution is 0.0376. The molecule has 32 heavy (non-hydrogen) atoms. The summed E-state index contributed by atoms with van der Waals surface area (Å²) in [5.41, 5.74) is 1.68. The summed E-state index contributed by atoms with van der Waals surface area (Å²) >= 11 is 2.95. The highest BCUT2D eigenvalue weighted by Crippen LogP contribution is 2.33. The number of carbonyl (C=O) groups is 1. The van der Waals surface area contributed by atoms with Crippen LogP contribution in [0.2, 0.25) is 0 Å². The van der Waals surface area contributed by atoms with Gasteiger partial charge in [0.05, 0.1) is 40.8 Å². The number of ether oxygens (including phenoxy) is 2. The van der Waals surface area contributed by atoms with Crippen LogP contribution < -0.4 is 9.64 Å². The Morgan fingerprint density at radius 3 is 2.72 bits per heavy atom. The van der Waals surface area contributed by atoms with Gasteiger partial charge in [0, 0.05) is 32.2 Å². The van der Waals surface area contributed by atoms with E-state index in [2.05, 4.69) is 9.88 Å². The Bertz CT molecular complexity index is 1200. The average Bonchev–Trinajstić information content (AvgIpc) is 3.45. The minimum absolute atomic E-state index is 0.0980. The number of nitrogens with zero attached hydrogens (tertiary/aromatic N) is 4. The molecule has 4 aromatic rings. The Hall–Kier alpha value is -2.59. The molecule has 166 valence electrons. The molecular formula is C23H24N4O3S2. The van der Waals surface area contributed by atoms with E-state index < -0.39 is 0 Å². The summed E-state index contributed by atoms with van der Waals surface area (Å²) in [6, 6.07) is 13.7. The summed E-state index contributed by atoms with van der Waals surface area (Å²) in [7, 11) is 1.64. The Morgan fingerprint density at radius 2 is 1.91 bits per heavy atom. The van der Waals surface area contributed by atoms with Gasteiger partial charge in [-0.3, -0.25) is 14.6 Å². The summed E-state index contributed by atoms with van der Waals surface area (Å²) in [6.45, 7) is 4.93. The molecule has 1 aliphatic heterocycles. The number of fused-ring (bicyclic) bond motifs is 2. The smallest absolute Gasteiger partial charge is 0.289 e. The number of carbonyl (C=O) groups excluding carboxylic acids is 1. The van der Waals surface area contributed by atoms with Gasteiger partial charge in [0.2, 0.25) is 0 Å². The van der Waals surface area contributed by atoms with Crippen LogP contribution in [0.25, 0.3) is 20.4 Å². The number of amides is 1. The summed E-state index contributed by atoms with van der Waals surface area (Å²) in [5, 5.41) is 1.19. The first-order chi connectivity index (χ1) is 15.7. The third kappa shape index (κ3) is 4.47. The number of rotatable bonds is 7. The number of hydrogen-bond acceptors (Lipinski definition) is 8. The molecule has 0 atom stereocenters. The summed E-state index contributed by atoms with van der Waals surface area (Å²) in [5.74, 6) is 0.657. The molecule has 0 unspecified atom stereocenters. The van der Waals surface area contributed by atoms with E-state index in [9.17, 15) is 4.79 Å². The van der Waals surface area contributed by atoms with Gasteiger partial charge in [-0.05, 0) is 30.7 Å². The van der Waals surface area contributed by atoms with Crippen LogP contribution >= 0.6 is 22.7 Å². The van der Waals surface area contributed by atoms with Crippen LogP contribution in [0.1, 0.15) is 16.2 Å². The first kappa shape index (κ1) is 21.3. The lowest BCUT2D eigenvalue weighted by Crippen LogP contribution is -2.39. The topological polar surface area (TPSA) is 67.8 Å². The van der Waals surface area contributed by atoms with E-state index in [1.807, 2.05) is 42.5 Å². The maximum Gasteiger partial charge on any atom is 0.289 e. The standard InChI is InChI=1S/C23H24N4O3S2/c1-29-16-7-8-20-18(15-16)25-23(32-20)27(10-4-9-26-11-13-30-14-12-26)22(28)21-24-17-5-2-3-6-19(17)31-21/h2-3,5-8,15H,4,9-14H2,1H3. The molecule has 1 fully saturated rings. The van der Waals surface area contributed by atoms with Gasteiger partial charge < -0.3 is 9.47 Å². The molecule has 1 aliphatic rings. The van der Waals surface area contributed by atoms with Gasteiger partial charge in [0.15, 0.2) is 10.1 Å². The predicted molar refractivity (Wildman–Crippen MR) is 129 cm³/mol. The van der Waals surface area contributed by atoms with Crippen LogP contribution in [-0.4, -0.2) is 67.3 Å². The number of aromatic nitrogens is 2. The van der Waals surface area contributed by atoms with Crippen molar-refractivity contribution < 1.29 is 14.3 Å². The number of hydrogen-bond donors (Lipinski definition) is 0. The Morgan fingerprint density at radius 1 is 1.09 bits per heavy atom. The van der Waals surface area contributed by atoms with Crippen molar-refractivity contribution in [2.24, 2.45) is 0 Å². The zero-order valence-electron chi connectivity index (χ0n) is 17.8. The van der Waals surface area contributed by atoms with Crippen molar-refractivity contribution in [3.63, 3.8) is 0 Å². The second-order valence-corrected chi connectivity index (χ2v) is 9.62. The monoisotopic (exact) mass is 468 g/mol. The molecule has 0 saturated carbocycles. The number of thiazole rings is 2. The molecule has 1 saturated heterocycles. The number of anilines is 1. The van der Waals surface area contributed by atoms with Crippen molar-refractivity contribution in [2.75, 3.05) is 51.4 Å². The van der Waals surface area contributed by atoms with E-state index in [1.54, 1.807) is 12.0 Å². The summed E-state index contributed by atoms with van der Waals surface area (Å²) in [6.07, 6.45) is 0.857. The SMILES string of the molecule is COc1ccc2sc(N(CCCN3CCOCC3)C(=O)c3nc4ccccc4s3)nc2c1. The van der Waals surface area contributed by atoms with Gasteiger partial charge in [-0.1, -0.05) is 23.5 Å². The molecule has 0 radical (unpaired) electrons. The fraction of sp³-hybridized carbons (Fsp3) is 0.348. The predicted octanol–water partition coefficient (Wildman–Crippen LogP) is 4.28. The van der Waals surface area contributed by atoms with E-state index in [-0.39, 0.29) is 5.91 Å². The fourth-order valence-electron chi connectivity index (χ4n) is 3.78. The van der Waals surface area contributed by atoms with Gasteiger partial charge in [-0.15, -0.1) is 11.3 Å². The number of methoxy groups -OCH3 is 1. The maximum absolute atomic E-state index is 13.6. The van der Waals surface area contributed by atoms with Crippen molar-refractivity contribution in [1.29, 1.82) is 0 Å². The first-order valence-electron chi connectivity index (χ1n) is 10.6. The molecule has 2 aromatic heterocycles. The van der Waals surface area contributed by atoms with Crippen LogP contribution in [0, 0.1) is 0 Å². The molecule has 9 heteroatoms. The van der Waals surface area contributed by atoms with Crippen LogP contribution in [0.3, 0.4) is 0 Å². The normalized spacial score (nSPS) is 14.8. The molecule has 7 nitrogen and oxygen atoms in total. The maximum atomic E-state index is 13.6. The molecule has 3 heterocycles. The van der Waals surface area contributed by atoms with Crippen LogP contribution in [0.4, 0.5) is 5.13 Å². The molecule has 0 aliphatic carbocycles. The van der Waals surface area contributed by atoms with Crippen molar-refractivity contribution in [1.82, 2.24) is 14.9 Å². The summed E-state index contributed by atoms with van der Waals surface area (Å²) in [4.78, 5) is 27.1. The molecule has 1 amide bonds. The average molecular weight is 469 g/mol. The first-order valence-corrected chi connectivity index (χ1v) is 12.3. The second kappa shape index (κ2) is 9.50. The molecule has 2 aromatic carbocycles. The van der Waals surface area contributed by atoms with E-state index >= 15 is 0 Å². The molecular weight excluding hydrogens is 444 g/mol. The highest BCUT2D eigenvalue weighted by molar-refractivity contribution is 7.23. The second-order valence-electron chi connectivity index (χ2n) is 7.58. The Kier molecular flexibility index (Phi) is 6.31. The fourth-order valence-corrected chi connectivity index (χ4v) is 5.66. The zero-order valence-corrected chi connectivity index (χ0v) is 19.5. The van der Waals surface area contributed by atoms with Crippen molar-refractivity contribution >= 4 is 54.1 Å². The van der Waals surface area contributed by atoms with Crippen molar-refractivity contribution in [3.05, 3.63) is 47.5 Å².